The summed E-state index contributed by atoms with van der Waals surface area (Å²) < 4.78 is 28.4. The third kappa shape index (κ3) is 4.08. The van der Waals surface area contributed by atoms with Crippen LogP contribution >= 0.6 is 0 Å². The predicted octanol–water partition coefficient (Wildman–Crippen LogP) is 0.425. The predicted molar refractivity (Wildman–Crippen MR) is 70.8 cm³/mol. The Morgan fingerprint density at radius 2 is 2.06 bits per heavy atom. The largest absolute Gasteiger partial charge is 0.318 e. The zero-order valence-electron chi connectivity index (χ0n) is 11.3. The number of likely N-dealkylation sites (N-methyl/N-ethyl adjacent to an activating group) is 1. The first-order valence-corrected chi connectivity index (χ1v) is 7.54. The highest BCUT2D eigenvalue weighted by molar-refractivity contribution is 7.89. The molecule has 0 saturated carbocycles. The van der Waals surface area contributed by atoms with Gasteiger partial charge in [-0.3, -0.25) is 4.68 Å². The van der Waals surface area contributed by atoms with Gasteiger partial charge in [0, 0.05) is 18.8 Å². The first-order valence-electron chi connectivity index (χ1n) is 6.06. The zero-order chi connectivity index (χ0) is 13.8. The third-order valence-corrected chi connectivity index (χ3v) is 4.37. The molecule has 0 spiro atoms. The Kier molecular flexibility index (Phi) is 5.30. The summed E-state index contributed by atoms with van der Waals surface area (Å²) in [5, 5.41) is 7.02. The van der Waals surface area contributed by atoms with Crippen molar-refractivity contribution in [2.45, 2.75) is 38.3 Å². The molecule has 1 unspecified atom stereocenters. The first kappa shape index (κ1) is 15.1. The molecule has 104 valence electrons. The van der Waals surface area contributed by atoms with Crippen LogP contribution in [0.5, 0.6) is 0 Å². The molecule has 0 aliphatic heterocycles. The molecule has 0 bridgehead atoms. The van der Waals surface area contributed by atoms with E-state index in [2.05, 4.69) is 15.1 Å². The number of aromatic nitrogens is 2. The molecule has 1 rings (SSSR count). The topological polar surface area (TPSA) is 76.0 Å². The molecule has 0 amide bonds. The molecule has 0 aliphatic carbocycles. The van der Waals surface area contributed by atoms with Gasteiger partial charge in [0.05, 0.1) is 12.7 Å². The van der Waals surface area contributed by atoms with Crippen LogP contribution in [0.25, 0.3) is 0 Å². The van der Waals surface area contributed by atoms with Crippen molar-refractivity contribution in [1.82, 2.24) is 19.8 Å². The van der Waals surface area contributed by atoms with E-state index >= 15 is 0 Å². The molecule has 6 nitrogen and oxygen atoms in total. The van der Waals surface area contributed by atoms with Crippen LogP contribution in [0.2, 0.25) is 0 Å². The molecular weight excluding hydrogens is 252 g/mol. The van der Waals surface area contributed by atoms with E-state index < -0.39 is 10.0 Å². The molecule has 18 heavy (non-hydrogen) atoms. The van der Waals surface area contributed by atoms with Gasteiger partial charge in [0.15, 0.2) is 0 Å². The lowest BCUT2D eigenvalue weighted by molar-refractivity contribution is 0.476. The van der Waals surface area contributed by atoms with Gasteiger partial charge < -0.3 is 5.32 Å². The van der Waals surface area contributed by atoms with Crippen LogP contribution in [0.1, 0.15) is 20.8 Å². The van der Waals surface area contributed by atoms with E-state index in [0.717, 1.165) is 6.54 Å². The van der Waals surface area contributed by atoms with E-state index in [0.29, 0.717) is 6.54 Å². The lowest BCUT2D eigenvalue weighted by Crippen LogP contribution is -2.35. The van der Waals surface area contributed by atoms with E-state index in [-0.39, 0.29) is 16.9 Å². The molecule has 0 aliphatic rings. The summed E-state index contributed by atoms with van der Waals surface area (Å²) in [5.74, 6) is 0.249. The van der Waals surface area contributed by atoms with Crippen molar-refractivity contribution >= 4 is 10.0 Å². The van der Waals surface area contributed by atoms with Crippen molar-refractivity contribution in [2.24, 2.45) is 5.92 Å². The highest BCUT2D eigenvalue weighted by Crippen LogP contribution is 2.10. The fourth-order valence-corrected chi connectivity index (χ4v) is 2.62. The van der Waals surface area contributed by atoms with Crippen LogP contribution in [-0.4, -0.2) is 37.8 Å². The fraction of sp³-hybridized carbons (Fsp3) is 0.727. The van der Waals surface area contributed by atoms with Crippen molar-refractivity contribution in [3.8, 4) is 0 Å². The van der Waals surface area contributed by atoms with Gasteiger partial charge in [-0.25, -0.2) is 13.1 Å². The molecule has 1 heterocycles. The van der Waals surface area contributed by atoms with E-state index in [4.69, 9.17) is 0 Å². The molecule has 0 radical (unpaired) electrons. The molecule has 1 atom stereocenters. The molecular formula is C11H22N4O2S. The fourth-order valence-electron chi connectivity index (χ4n) is 1.28. The standard InChI is InChI=1S/C11H22N4O2S/c1-9(2)10(3)14-18(16,17)11-7-13-15(8-11)6-5-12-4/h7-10,12,14H,5-6H2,1-4H3. The van der Waals surface area contributed by atoms with Crippen LogP contribution < -0.4 is 10.0 Å². The Morgan fingerprint density at radius 1 is 1.39 bits per heavy atom. The van der Waals surface area contributed by atoms with Crippen molar-refractivity contribution in [3.05, 3.63) is 12.4 Å². The summed E-state index contributed by atoms with van der Waals surface area (Å²) in [6.07, 6.45) is 2.93. The number of hydrogen-bond donors (Lipinski definition) is 2. The van der Waals surface area contributed by atoms with Crippen molar-refractivity contribution in [1.29, 1.82) is 0 Å². The lowest BCUT2D eigenvalue weighted by atomic mass is 10.1. The molecule has 0 saturated heterocycles. The molecule has 2 N–H and O–H groups in total. The maximum Gasteiger partial charge on any atom is 0.243 e. The normalized spacial score (nSPS) is 14.1. The third-order valence-electron chi connectivity index (χ3n) is 2.85. The van der Waals surface area contributed by atoms with Crippen molar-refractivity contribution < 1.29 is 8.42 Å². The average molecular weight is 274 g/mol. The summed E-state index contributed by atoms with van der Waals surface area (Å²) in [6.45, 7) is 7.20. The second-order valence-corrected chi connectivity index (χ2v) is 6.41. The summed E-state index contributed by atoms with van der Waals surface area (Å²) >= 11 is 0. The van der Waals surface area contributed by atoms with Crippen LogP contribution in [-0.2, 0) is 16.6 Å². The van der Waals surface area contributed by atoms with Crippen LogP contribution in [0.4, 0.5) is 0 Å². The summed E-state index contributed by atoms with van der Waals surface area (Å²) in [4.78, 5) is 0.214. The van der Waals surface area contributed by atoms with Gasteiger partial charge in [-0.1, -0.05) is 13.8 Å². The number of rotatable bonds is 7. The van der Waals surface area contributed by atoms with E-state index in [1.54, 1.807) is 10.9 Å². The molecule has 0 aromatic carbocycles. The summed E-state index contributed by atoms with van der Waals surface area (Å²) in [5.41, 5.74) is 0. The van der Waals surface area contributed by atoms with Gasteiger partial charge >= 0.3 is 0 Å². The maximum atomic E-state index is 12.1. The Balaban J connectivity index is 2.76. The van der Waals surface area contributed by atoms with Gasteiger partial charge in [0.2, 0.25) is 10.0 Å². The van der Waals surface area contributed by atoms with Gasteiger partial charge in [-0.2, -0.15) is 5.10 Å². The van der Waals surface area contributed by atoms with Crippen molar-refractivity contribution in [2.75, 3.05) is 13.6 Å². The van der Waals surface area contributed by atoms with Gasteiger partial charge in [0.1, 0.15) is 4.90 Å². The smallest absolute Gasteiger partial charge is 0.243 e. The Labute approximate surface area is 109 Å². The maximum absolute atomic E-state index is 12.1. The average Bonchev–Trinajstić information content (AvgIpc) is 2.74. The van der Waals surface area contributed by atoms with Crippen LogP contribution in [0.15, 0.2) is 17.3 Å². The second-order valence-electron chi connectivity index (χ2n) is 4.70. The molecule has 7 heteroatoms. The number of hydrogen-bond acceptors (Lipinski definition) is 4. The number of nitrogens with one attached hydrogen (secondary N) is 2. The van der Waals surface area contributed by atoms with Gasteiger partial charge in [-0.05, 0) is 19.9 Å². The molecule has 1 aromatic rings. The zero-order valence-corrected chi connectivity index (χ0v) is 12.2. The quantitative estimate of drug-likeness (QED) is 0.756. The molecule has 0 fully saturated rings. The van der Waals surface area contributed by atoms with Crippen LogP contribution in [0.3, 0.4) is 0 Å². The van der Waals surface area contributed by atoms with Crippen molar-refractivity contribution in [3.63, 3.8) is 0 Å². The highest BCUT2D eigenvalue weighted by Gasteiger charge is 2.20. The number of sulfonamides is 1. The first-order chi connectivity index (χ1) is 8.36. The van der Waals surface area contributed by atoms with Gasteiger partial charge in [-0.15, -0.1) is 0 Å². The summed E-state index contributed by atoms with van der Waals surface area (Å²) in [6, 6.07) is -0.101. The minimum absolute atomic E-state index is 0.101. The van der Waals surface area contributed by atoms with Crippen LogP contribution in [0, 0.1) is 5.92 Å². The van der Waals surface area contributed by atoms with E-state index in [1.165, 1.54) is 6.20 Å². The Morgan fingerprint density at radius 3 is 2.61 bits per heavy atom. The van der Waals surface area contributed by atoms with E-state index in [1.807, 2.05) is 27.8 Å². The monoisotopic (exact) mass is 274 g/mol. The summed E-state index contributed by atoms with van der Waals surface area (Å²) in [7, 11) is -1.62. The van der Waals surface area contributed by atoms with E-state index in [9.17, 15) is 8.42 Å². The molecule has 1 aromatic heterocycles. The Hall–Kier alpha value is -0.920. The Bertz CT molecular complexity index is 467. The minimum Gasteiger partial charge on any atom is -0.318 e. The number of nitrogens with zero attached hydrogens (tertiary/aromatic N) is 2. The second kappa shape index (κ2) is 6.31. The highest BCUT2D eigenvalue weighted by atomic mass is 32.2. The van der Waals surface area contributed by atoms with Gasteiger partial charge in [0.25, 0.3) is 0 Å². The SMILES string of the molecule is CNCCn1cc(S(=O)(=O)NC(C)C(C)C)cn1. The minimum atomic E-state index is -3.46. The lowest BCUT2D eigenvalue weighted by Gasteiger charge is -2.16.